The summed E-state index contributed by atoms with van der Waals surface area (Å²) in [7, 11) is 0. The Kier molecular flexibility index (Phi) is 14.6. The predicted octanol–water partition coefficient (Wildman–Crippen LogP) is 5.47. The summed E-state index contributed by atoms with van der Waals surface area (Å²) in [6, 6.07) is 6.37. The highest BCUT2D eigenvalue weighted by Crippen LogP contribution is 2.33. The van der Waals surface area contributed by atoms with E-state index in [4.69, 9.17) is 46.4 Å². The molecule has 0 radical (unpaired) electrons. The molecular formula is C15H16Cl4F3N3O3. The Balaban J connectivity index is 0. The Morgan fingerprint density at radius 1 is 1.04 bits per heavy atom. The summed E-state index contributed by atoms with van der Waals surface area (Å²) in [4.78, 5) is 19.6. The van der Waals surface area contributed by atoms with Crippen LogP contribution >= 0.6 is 46.4 Å². The monoisotopic (exact) mass is 483 g/mol. The Bertz CT molecular complexity index is 664. The summed E-state index contributed by atoms with van der Waals surface area (Å²) in [6.45, 7) is 0.0428. The van der Waals surface area contributed by atoms with Gasteiger partial charge in [-0.3, -0.25) is 9.59 Å². The molecule has 1 heterocycles. The minimum absolute atomic E-state index is 0. The molecule has 0 aliphatic heterocycles. The zero-order valence-corrected chi connectivity index (χ0v) is 17.0. The van der Waals surface area contributed by atoms with Crippen LogP contribution in [-0.2, 0) is 15.8 Å². The van der Waals surface area contributed by atoms with Crippen molar-refractivity contribution in [1.29, 1.82) is 0 Å². The molecule has 0 fully saturated rings. The lowest BCUT2D eigenvalue weighted by Gasteiger charge is -2.09. The minimum Gasteiger partial charge on any atom is -0.473 e. The van der Waals surface area contributed by atoms with Crippen molar-refractivity contribution in [3.8, 4) is 0 Å². The standard InChI is InChI=1S/C8H5ClF3NO.C4H4O.C3H4Cl3NO.H3N/c9-6-2-1-5(8(10,11)12)3-7(6)13-4-14;1-2-4-5-3-1;4-3(5,6)1-7-2-8;/h1-4H,(H,13,14);1-4H;2H,1H2,(H,7,8);1H3. The van der Waals surface area contributed by atoms with Gasteiger partial charge in [0.2, 0.25) is 16.6 Å². The summed E-state index contributed by atoms with van der Waals surface area (Å²) >= 11 is 21.2. The first-order valence-corrected chi connectivity index (χ1v) is 8.30. The molecule has 5 N–H and O–H groups in total. The zero-order valence-electron chi connectivity index (χ0n) is 14.0. The Hall–Kier alpha value is -1.65. The van der Waals surface area contributed by atoms with Crippen molar-refractivity contribution < 1.29 is 27.2 Å². The molecule has 2 aromatic rings. The number of anilines is 1. The summed E-state index contributed by atoms with van der Waals surface area (Å²) < 4.78 is 39.8. The fourth-order valence-corrected chi connectivity index (χ4v) is 1.66. The van der Waals surface area contributed by atoms with E-state index in [0.29, 0.717) is 6.41 Å². The van der Waals surface area contributed by atoms with Crippen molar-refractivity contribution in [2.45, 2.75) is 9.97 Å². The first-order chi connectivity index (χ1) is 12.5. The van der Waals surface area contributed by atoms with Crippen LogP contribution in [0.2, 0.25) is 5.02 Å². The number of carbonyl (C=O) groups is 2. The van der Waals surface area contributed by atoms with Crippen LogP contribution in [0, 0.1) is 0 Å². The van der Waals surface area contributed by atoms with Gasteiger partial charge in [-0.25, -0.2) is 0 Å². The van der Waals surface area contributed by atoms with Crippen LogP contribution in [0.15, 0.2) is 47.3 Å². The topological polar surface area (TPSA) is 106 Å². The number of amides is 2. The van der Waals surface area contributed by atoms with Gasteiger partial charge in [0.15, 0.2) is 0 Å². The normalized spacial score (nSPS) is 10.1. The number of rotatable bonds is 4. The number of alkyl halides is 6. The maximum atomic E-state index is 12.2. The summed E-state index contributed by atoms with van der Waals surface area (Å²) in [6.07, 6.45) is -0.451. The van der Waals surface area contributed by atoms with Crippen LogP contribution in [0.1, 0.15) is 5.56 Å². The van der Waals surface area contributed by atoms with Gasteiger partial charge in [-0.15, -0.1) is 0 Å². The van der Waals surface area contributed by atoms with E-state index in [1.54, 1.807) is 12.5 Å². The van der Waals surface area contributed by atoms with Gasteiger partial charge in [0, 0.05) is 0 Å². The molecule has 0 saturated carbocycles. The fourth-order valence-electron chi connectivity index (χ4n) is 1.26. The van der Waals surface area contributed by atoms with Crippen LogP contribution in [-0.4, -0.2) is 23.2 Å². The molecule has 28 heavy (non-hydrogen) atoms. The van der Waals surface area contributed by atoms with E-state index in [9.17, 15) is 22.8 Å². The lowest BCUT2D eigenvalue weighted by Crippen LogP contribution is -2.24. The third-order valence-electron chi connectivity index (χ3n) is 2.32. The van der Waals surface area contributed by atoms with E-state index in [1.165, 1.54) is 0 Å². The Labute approximate surface area is 178 Å². The second-order valence-corrected chi connectivity index (χ2v) is 7.28. The number of halogens is 7. The van der Waals surface area contributed by atoms with Crippen LogP contribution < -0.4 is 16.8 Å². The highest BCUT2D eigenvalue weighted by atomic mass is 35.6. The predicted molar refractivity (Wildman–Crippen MR) is 104 cm³/mol. The van der Waals surface area contributed by atoms with Crippen molar-refractivity contribution in [3.63, 3.8) is 0 Å². The SMILES string of the molecule is N.O=CNCC(Cl)(Cl)Cl.O=CNc1cc(C(F)(F)F)ccc1Cl.c1ccoc1. The van der Waals surface area contributed by atoms with Crippen LogP contribution in [0.5, 0.6) is 0 Å². The zero-order chi connectivity index (χ0) is 20.9. The number of benzene rings is 1. The quantitative estimate of drug-likeness (QED) is 0.395. The molecule has 1 aromatic heterocycles. The van der Waals surface area contributed by atoms with Gasteiger partial charge in [-0.1, -0.05) is 46.4 Å². The highest BCUT2D eigenvalue weighted by molar-refractivity contribution is 6.67. The molecule has 0 aliphatic rings. The average molecular weight is 485 g/mol. The summed E-state index contributed by atoms with van der Waals surface area (Å²) in [5, 5.41) is 4.35. The van der Waals surface area contributed by atoms with Crippen LogP contribution in [0.4, 0.5) is 18.9 Å². The van der Waals surface area contributed by atoms with E-state index in [0.717, 1.165) is 18.2 Å². The summed E-state index contributed by atoms with van der Waals surface area (Å²) in [5.41, 5.74) is -0.914. The van der Waals surface area contributed by atoms with E-state index < -0.39 is 15.5 Å². The van der Waals surface area contributed by atoms with Gasteiger partial charge in [0.25, 0.3) is 0 Å². The van der Waals surface area contributed by atoms with Gasteiger partial charge in [0.05, 0.1) is 35.3 Å². The fraction of sp³-hybridized carbons (Fsp3) is 0.200. The van der Waals surface area contributed by atoms with Crippen molar-refractivity contribution in [2.24, 2.45) is 0 Å². The smallest absolute Gasteiger partial charge is 0.416 e. The van der Waals surface area contributed by atoms with Gasteiger partial charge < -0.3 is 21.2 Å². The largest absolute Gasteiger partial charge is 0.473 e. The first kappa shape index (κ1) is 28.6. The molecule has 2 amide bonds. The highest BCUT2D eigenvalue weighted by Gasteiger charge is 2.30. The molecule has 2 rings (SSSR count). The number of furan rings is 1. The van der Waals surface area contributed by atoms with Crippen molar-refractivity contribution >= 4 is 64.9 Å². The molecule has 0 atom stereocenters. The van der Waals surface area contributed by atoms with Crippen molar-refractivity contribution in [1.82, 2.24) is 11.5 Å². The molecule has 0 saturated heterocycles. The second-order valence-electron chi connectivity index (χ2n) is 4.36. The molecule has 1 aromatic carbocycles. The van der Waals surface area contributed by atoms with E-state index >= 15 is 0 Å². The number of nitrogens with one attached hydrogen (secondary N) is 2. The minimum atomic E-state index is -4.44. The van der Waals surface area contributed by atoms with Crippen LogP contribution in [0.25, 0.3) is 0 Å². The molecule has 6 nitrogen and oxygen atoms in total. The third kappa shape index (κ3) is 14.4. The van der Waals surface area contributed by atoms with Crippen LogP contribution in [0.3, 0.4) is 0 Å². The number of hydrogen-bond donors (Lipinski definition) is 3. The molecule has 158 valence electrons. The molecule has 0 bridgehead atoms. The molecule has 0 spiro atoms. The van der Waals surface area contributed by atoms with E-state index in [-0.39, 0.29) is 29.8 Å². The number of hydrogen-bond acceptors (Lipinski definition) is 4. The molecule has 0 unspecified atom stereocenters. The second kappa shape index (κ2) is 14.4. The van der Waals surface area contributed by atoms with Gasteiger partial charge in [0.1, 0.15) is 0 Å². The summed E-state index contributed by atoms with van der Waals surface area (Å²) in [5.74, 6) is 0. The first-order valence-electron chi connectivity index (χ1n) is 6.79. The lowest BCUT2D eigenvalue weighted by atomic mass is 10.2. The lowest BCUT2D eigenvalue weighted by molar-refractivity contribution is -0.137. The Morgan fingerprint density at radius 3 is 1.93 bits per heavy atom. The number of carbonyl (C=O) groups excluding carboxylic acids is 2. The van der Waals surface area contributed by atoms with Gasteiger partial charge in [-0.05, 0) is 30.3 Å². The maximum absolute atomic E-state index is 12.2. The van der Waals surface area contributed by atoms with Crippen molar-refractivity contribution in [3.05, 3.63) is 53.4 Å². The average Bonchev–Trinajstić information content (AvgIpc) is 3.14. The maximum Gasteiger partial charge on any atom is 0.416 e. The van der Waals surface area contributed by atoms with E-state index in [2.05, 4.69) is 15.1 Å². The van der Waals surface area contributed by atoms with Crippen molar-refractivity contribution in [2.75, 3.05) is 11.9 Å². The van der Waals surface area contributed by atoms with E-state index in [1.807, 2.05) is 12.1 Å². The van der Waals surface area contributed by atoms with Gasteiger partial charge in [-0.2, -0.15) is 13.2 Å². The third-order valence-corrected chi connectivity index (χ3v) is 3.05. The Morgan fingerprint density at radius 2 is 1.61 bits per heavy atom. The molecule has 0 aliphatic carbocycles. The molecular weight excluding hydrogens is 469 g/mol. The van der Waals surface area contributed by atoms with Gasteiger partial charge >= 0.3 is 6.18 Å². The molecule has 13 heteroatoms.